The van der Waals surface area contributed by atoms with Crippen molar-refractivity contribution in [2.24, 2.45) is 0 Å². The van der Waals surface area contributed by atoms with Gasteiger partial charge in [-0.15, -0.1) is 5.10 Å². The molecule has 2 aromatic carbocycles. The normalized spacial score (nSPS) is 10.7. The molecule has 0 saturated heterocycles. The molecule has 0 saturated carbocycles. The maximum absolute atomic E-state index is 13.0. The van der Waals surface area contributed by atoms with E-state index in [4.69, 9.17) is 11.6 Å². The third kappa shape index (κ3) is 4.86. The van der Waals surface area contributed by atoms with Crippen LogP contribution in [0.15, 0.2) is 76.6 Å². The van der Waals surface area contributed by atoms with E-state index >= 15 is 0 Å². The van der Waals surface area contributed by atoms with Gasteiger partial charge in [-0.25, -0.2) is 14.6 Å². The molecule has 7 nitrogen and oxygen atoms in total. The van der Waals surface area contributed by atoms with Crippen LogP contribution in [-0.4, -0.2) is 30.9 Å². The summed E-state index contributed by atoms with van der Waals surface area (Å²) in [5, 5.41) is 12.4. The van der Waals surface area contributed by atoms with Crippen LogP contribution >= 0.6 is 39.3 Å². The third-order valence-corrected chi connectivity index (χ3v) is 5.64. The molecular formula is C20H14BrClN6OS. The van der Waals surface area contributed by atoms with Crippen LogP contribution < -0.4 is 5.32 Å². The molecule has 1 N–H and O–H groups in total. The number of anilines is 1. The van der Waals surface area contributed by atoms with Crippen LogP contribution in [0.4, 0.5) is 5.69 Å². The molecule has 10 heteroatoms. The van der Waals surface area contributed by atoms with Crippen LogP contribution in [0, 0.1) is 0 Å². The number of rotatable bonds is 6. The van der Waals surface area contributed by atoms with Crippen molar-refractivity contribution in [1.29, 1.82) is 0 Å². The van der Waals surface area contributed by atoms with E-state index in [0.29, 0.717) is 27.3 Å². The third-order valence-electron chi connectivity index (χ3n) is 4.01. The van der Waals surface area contributed by atoms with E-state index < -0.39 is 0 Å². The first-order valence-electron chi connectivity index (χ1n) is 8.77. The summed E-state index contributed by atoms with van der Waals surface area (Å²) < 4.78 is 2.49. The van der Waals surface area contributed by atoms with Crippen LogP contribution in [0.25, 0.3) is 5.69 Å². The number of carbonyl (C=O) groups excluding carboxylic acids is 1. The Bertz CT molecular complexity index is 1170. The second kappa shape index (κ2) is 9.38. The summed E-state index contributed by atoms with van der Waals surface area (Å²) in [7, 11) is 0. The number of nitrogens with one attached hydrogen (secondary N) is 1. The number of carbonyl (C=O) groups is 1. The molecule has 0 aliphatic carbocycles. The van der Waals surface area contributed by atoms with Crippen molar-refractivity contribution in [3.63, 3.8) is 0 Å². The largest absolute Gasteiger partial charge is 0.320 e. The van der Waals surface area contributed by atoms with Gasteiger partial charge in [-0.05, 0) is 48.5 Å². The van der Waals surface area contributed by atoms with Gasteiger partial charge in [0.2, 0.25) is 0 Å². The van der Waals surface area contributed by atoms with Gasteiger partial charge in [0, 0.05) is 33.3 Å². The summed E-state index contributed by atoms with van der Waals surface area (Å²) in [5.41, 5.74) is 2.26. The number of aromatic nitrogens is 5. The quantitative estimate of drug-likeness (QED) is 0.295. The van der Waals surface area contributed by atoms with Gasteiger partial charge in [0.05, 0.1) is 11.4 Å². The molecule has 0 spiro atoms. The second-order valence-electron chi connectivity index (χ2n) is 6.06. The summed E-state index contributed by atoms with van der Waals surface area (Å²) in [6.07, 6.45) is 3.34. The van der Waals surface area contributed by atoms with Gasteiger partial charge in [-0.2, -0.15) is 0 Å². The van der Waals surface area contributed by atoms with Crippen LogP contribution in [0.1, 0.15) is 16.2 Å². The predicted molar refractivity (Wildman–Crippen MR) is 120 cm³/mol. The molecule has 0 fully saturated rings. The Hall–Kier alpha value is -2.75. The summed E-state index contributed by atoms with van der Waals surface area (Å²) in [6, 6.07) is 16.3. The van der Waals surface area contributed by atoms with E-state index in [2.05, 4.69) is 41.5 Å². The molecular weight excluding hydrogens is 488 g/mol. The first kappa shape index (κ1) is 20.5. The van der Waals surface area contributed by atoms with E-state index in [1.165, 1.54) is 11.8 Å². The molecule has 2 heterocycles. The van der Waals surface area contributed by atoms with Crippen molar-refractivity contribution in [3.8, 4) is 5.69 Å². The smallest absolute Gasteiger partial charge is 0.278 e. The lowest BCUT2D eigenvalue weighted by Gasteiger charge is -2.09. The van der Waals surface area contributed by atoms with Crippen LogP contribution in [0.3, 0.4) is 0 Å². The topological polar surface area (TPSA) is 85.6 Å². The van der Waals surface area contributed by atoms with Gasteiger partial charge in [-0.1, -0.05) is 50.6 Å². The molecule has 1 amide bonds. The van der Waals surface area contributed by atoms with Gasteiger partial charge in [0.15, 0.2) is 10.9 Å². The van der Waals surface area contributed by atoms with Gasteiger partial charge in [0.25, 0.3) is 5.91 Å². The van der Waals surface area contributed by atoms with Crippen LogP contribution in [0.2, 0.25) is 5.02 Å². The summed E-state index contributed by atoms with van der Waals surface area (Å²) >= 11 is 10.8. The standard InChI is InChI=1S/C20H14BrClN6OS/c21-13-3-1-4-15(11-13)25-19(29)18-17(12-30-20-23-9-2-10-24-20)28(27-26-18)16-7-5-14(22)6-8-16/h1-11H,12H2,(H,25,29). The molecule has 30 heavy (non-hydrogen) atoms. The van der Waals surface area contributed by atoms with Crippen LogP contribution in [0.5, 0.6) is 0 Å². The molecule has 4 rings (SSSR count). The highest BCUT2D eigenvalue weighted by molar-refractivity contribution is 9.10. The average molecular weight is 502 g/mol. The SMILES string of the molecule is O=C(Nc1cccc(Br)c1)c1nnn(-c2ccc(Cl)cc2)c1CSc1ncccn1. The van der Waals surface area contributed by atoms with Gasteiger partial charge in [-0.3, -0.25) is 4.79 Å². The van der Waals surface area contributed by atoms with Crippen molar-refractivity contribution >= 4 is 50.9 Å². The highest BCUT2D eigenvalue weighted by Crippen LogP contribution is 2.24. The van der Waals surface area contributed by atoms with E-state index in [1.54, 1.807) is 41.3 Å². The molecule has 0 aliphatic rings. The zero-order chi connectivity index (χ0) is 20.9. The number of thioether (sulfide) groups is 1. The number of hydrogen-bond donors (Lipinski definition) is 1. The minimum absolute atomic E-state index is 0.230. The Balaban J connectivity index is 1.66. The Morgan fingerprint density at radius 3 is 2.60 bits per heavy atom. The molecule has 0 atom stereocenters. The Morgan fingerprint density at radius 2 is 1.87 bits per heavy atom. The summed E-state index contributed by atoms with van der Waals surface area (Å²) in [5.74, 6) is 0.0545. The summed E-state index contributed by atoms with van der Waals surface area (Å²) in [4.78, 5) is 21.4. The van der Waals surface area contributed by atoms with Gasteiger partial charge < -0.3 is 5.32 Å². The molecule has 0 aliphatic heterocycles. The van der Waals surface area contributed by atoms with Gasteiger partial charge >= 0.3 is 0 Å². The van der Waals surface area contributed by atoms with Crippen molar-refractivity contribution in [2.45, 2.75) is 10.9 Å². The van der Waals surface area contributed by atoms with E-state index in [9.17, 15) is 4.79 Å². The lowest BCUT2D eigenvalue weighted by atomic mass is 10.2. The lowest BCUT2D eigenvalue weighted by Crippen LogP contribution is -2.15. The fourth-order valence-electron chi connectivity index (χ4n) is 2.65. The lowest BCUT2D eigenvalue weighted by molar-refractivity contribution is 0.102. The van der Waals surface area contributed by atoms with E-state index in [0.717, 1.165) is 10.2 Å². The fourth-order valence-corrected chi connectivity index (χ4v) is 3.97. The summed E-state index contributed by atoms with van der Waals surface area (Å²) in [6.45, 7) is 0. The van der Waals surface area contributed by atoms with E-state index in [-0.39, 0.29) is 11.6 Å². The highest BCUT2D eigenvalue weighted by Gasteiger charge is 2.21. The molecule has 0 unspecified atom stereocenters. The van der Waals surface area contributed by atoms with Crippen molar-refractivity contribution in [1.82, 2.24) is 25.0 Å². The monoisotopic (exact) mass is 500 g/mol. The van der Waals surface area contributed by atoms with Crippen molar-refractivity contribution in [3.05, 3.63) is 87.9 Å². The number of hydrogen-bond acceptors (Lipinski definition) is 6. The minimum Gasteiger partial charge on any atom is -0.320 e. The Kier molecular flexibility index (Phi) is 6.41. The number of halogens is 2. The fraction of sp³-hybridized carbons (Fsp3) is 0.0500. The Labute approximate surface area is 190 Å². The molecule has 150 valence electrons. The van der Waals surface area contributed by atoms with Crippen LogP contribution in [-0.2, 0) is 5.75 Å². The minimum atomic E-state index is -0.349. The first-order chi connectivity index (χ1) is 14.6. The molecule has 2 aromatic heterocycles. The predicted octanol–water partition coefficient (Wildman–Crippen LogP) is 5.02. The van der Waals surface area contributed by atoms with Crippen molar-refractivity contribution in [2.75, 3.05) is 5.32 Å². The van der Waals surface area contributed by atoms with Crippen molar-refractivity contribution < 1.29 is 4.79 Å². The zero-order valence-corrected chi connectivity index (χ0v) is 18.5. The highest BCUT2D eigenvalue weighted by atomic mass is 79.9. The number of benzene rings is 2. The molecule has 0 bridgehead atoms. The zero-order valence-electron chi connectivity index (χ0n) is 15.4. The van der Waals surface area contributed by atoms with Gasteiger partial charge in [0.1, 0.15) is 0 Å². The Morgan fingerprint density at radius 1 is 1.10 bits per heavy atom. The average Bonchev–Trinajstić information content (AvgIpc) is 3.17. The molecule has 4 aromatic rings. The maximum atomic E-state index is 13.0. The maximum Gasteiger partial charge on any atom is 0.278 e. The number of amides is 1. The first-order valence-corrected chi connectivity index (χ1v) is 10.9. The molecule has 0 radical (unpaired) electrons. The number of nitrogens with zero attached hydrogens (tertiary/aromatic N) is 5. The second-order valence-corrected chi connectivity index (χ2v) is 8.35. The van der Waals surface area contributed by atoms with E-state index in [1.807, 2.05) is 30.3 Å².